The molecule has 0 saturated heterocycles. The zero-order valence-corrected chi connectivity index (χ0v) is 15.8. The molecule has 0 spiro atoms. The Morgan fingerprint density at radius 2 is 1.93 bits per heavy atom. The van der Waals surface area contributed by atoms with Gasteiger partial charge in [0, 0.05) is 12.0 Å². The molecule has 0 amide bonds. The fourth-order valence-corrected chi connectivity index (χ4v) is 2.84. The summed E-state index contributed by atoms with van der Waals surface area (Å²) < 4.78 is 16.4. The van der Waals surface area contributed by atoms with Crippen molar-refractivity contribution in [3.63, 3.8) is 0 Å². The van der Waals surface area contributed by atoms with Crippen LogP contribution < -0.4 is 4.74 Å². The average molecular weight is 365 g/mol. The standard InChI is InChI=1S/C22H23NO4/c1-15-7-4-5-10-19(15)22-23-20(16(2)27-22)11-12-26-18-9-6-8-17(13-18)14-21(24)25-3/h4-10,13H,11-12,14H2,1-3H3. The molecule has 0 radical (unpaired) electrons. The van der Waals surface area contributed by atoms with E-state index in [1.807, 2.05) is 62.4 Å². The second-order valence-electron chi connectivity index (χ2n) is 6.34. The van der Waals surface area contributed by atoms with E-state index in [1.165, 1.54) is 7.11 Å². The smallest absolute Gasteiger partial charge is 0.309 e. The molecule has 0 aliphatic carbocycles. The van der Waals surface area contributed by atoms with Crippen molar-refractivity contribution in [1.29, 1.82) is 0 Å². The van der Waals surface area contributed by atoms with Gasteiger partial charge in [0.05, 0.1) is 25.8 Å². The first kappa shape index (κ1) is 18.7. The molecule has 0 fully saturated rings. The van der Waals surface area contributed by atoms with E-state index in [0.29, 0.717) is 18.9 Å². The number of hydrogen-bond acceptors (Lipinski definition) is 5. The normalized spacial score (nSPS) is 10.6. The molecule has 1 aromatic heterocycles. The van der Waals surface area contributed by atoms with E-state index >= 15 is 0 Å². The number of hydrogen-bond donors (Lipinski definition) is 0. The first-order valence-corrected chi connectivity index (χ1v) is 8.87. The van der Waals surface area contributed by atoms with Gasteiger partial charge in [-0.1, -0.05) is 30.3 Å². The monoisotopic (exact) mass is 365 g/mol. The number of aromatic nitrogens is 1. The van der Waals surface area contributed by atoms with Gasteiger partial charge < -0.3 is 13.9 Å². The zero-order valence-electron chi connectivity index (χ0n) is 15.8. The molecule has 27 heavy (non-hydrogen) atoms. The number of nitrogens with zero attached hydrogens (tertiary/aromatic N) is 1. The molecule has 0 unspecified atom stereocenters. The maximum absolute atomic E-state index is 11.4. The van der Waals surface area contributed by atoms with E-state index in [0.717, 1.165) is 33.9 Å². The Morgan fingerprint density at radius 3 is 2.70 bits per heavy atom. The molecule has 2 aromatic carbocycles. The SMILES string of the molecule is COC(=O)Cc1cccc(OCCc2nc(-c3ccccc3C)oc2C)c1. The van der Waals surface area contributed by atoms with Crippen LogP contribution in [-0.2, 0) is 22.4 Å². The second-order valence-corrected chi connectivity index (χ2v) is 6.34. The first-order valence-electron chi connectivity index (χ1n) is 8.87. The summed E-state index contributed by atoms with van der Waals surface area (Å²) in [4.78, 5) is 16.0. The van der Waals surface area contributed by atoms with Crippen LogP contribution in [0.25, 0.3) is 11.5 Å². The summed E-state index contributed by atoms with van der Waals surface area (Å²) in [5, 5.41) is 0. The molecule has 0 aliphatic heterocycles. The summed E-state index contributed by atoms with van der Waals surface area (Å²) in [7, 11) is 1.38. The number of carbonyl (C=O) groups is 1. The largest absolute Gasteiger partial charge is 0.493 e. The summed E-state index contributed by atoms with van der Waals surface area (Å²) in [6.45, 7) is 4.43. The topological polar surface area (TPSA) is 61.6 Å². The average Bonchev–Trinajstić information content (AvgIpc) is 3.03. The third-order valence-electron chi connectivity index (χ3n) is 4.35. The van der Waals surface area contributed by atoms with Gasteiger partial charge in [0.2, 0.25) is 5.89 Å². The van der Waals surface area contributed by atoms with Crippen molar-refractivity contribution in [3.05, 3.63) is 71.1 Å². The van der Waals surface area contributed by atoms with Crippen molar-refractivity contribution >= 4 is 5.97 Å². The van der Waals surface area contributed by atoms with Gasteiger partial charge in [0.15, 0.2) is 0 Å². The van der Waals surface area contributed by atoms with Crippen molar-refractivity contribution in [1.82, 2.24) is 4.98 Å². The molecule has 3 rings (SSSR count). The molecule has 0 atom stereocenters. The summed E-state index contributed by atoms with van der Waals surface area (Å²) in [6, 6.07) is 15.5. The van der Waals surface area contributed by atoms with Gasteiger partial charge >= 0.3 is 5.97 Å². The van der Waals surface area contributed by atoms with Gasteiger partial charge in [-0.25, -0.2) is 4.98 Å². The molecule has 5 heteroatoms. The molecule has 0 bridgehead atoms. The third-order valence-corrected chi connectivity index (χ3v) is 4.35. The van der Waals surface area contributed by atoms with E-state index in [9.17, 15) is 4.79 Å². The Balaban J connectivity index is 1.62. The number of methoxy groups -OCH3 is 1. The molecule has 1 heterocycles. The van der Waals surface area contributed by atoms with Gasteiger partial charge in [-0.2, -0.15) is 0 Å². The van der Waals surface area contributed by atoms with Crippen LogP contribution in [0.4, 0.5) is 0 Å². The number of rotatable bonds is 7. The van der Waals surface area contributed by atoms with Gasteiger partial charge in [0.1, 0.15) is 11.5 Å². The van der Waals surface area contributed by atoms with E-state index in [4.69, 9.17) is 13.9 Å². The van der Waals surface area contributed by atoms with Crippen LogP contribution >= 0.6 is 0 Å². The lowest BCUT2D eigenvalue weighted by atomic mass is 10.1. The Bertz CT molecular complexity index is 930. The van der Waals surface area contributed by atoms with Gasteiger partial charge in [-0.05, 0) is 43.2 Å². The summed E-state index contributed by atoms with van der Waals surface area (Å²) >= 11 is 0. The molecular weight excluding hydrogens is 342 g/mol. The zero-order chi connectivity index (χ0) is 19.2. The molecule has 3 aromatic rings. The minimum absolute atomic E-state index is 0.232. The Kier molecular flexibility index (Phi) is 5.91. The van der Waals surface area contributed by atoms with E-state index in [-0.39, 0.29) is 12.4 Å². The van der Waals surface area contributed by atoms with Crippen LogP contribution in [0.2, 0.25) is 0 Å². The van der Waals surface area contributed by atoms with Crippen LogP contribution in [-0.4, -0.2) is 24.7 Å². The van der Waals surface area contributed by atoms with Gasteiger partial charge in [-0.15, -0.1) is 0 Å². The summed E-state index contributed by atoms with van der Waals surface area (Å²) in [5.74, 6) is 1.89. The van der Waals surface area contributed by atoms with Crippen molar-refractivity contribution in [2.45, 2.75) is 26.7 Å². The highest BCUT2D eigenvalue weighted by Crippen LogP contribution is 2.25. The summed E-state index contributed by atoms with van der Waals surface area (Å²) in [5.41, 5.74) is 3.88. The summed E-state index contributed by atoms with van der Waals surface area (Å²) in [6.07, 6.45) is 0.873. The fraction of sp³-hybridized carbons (Fsp3) is 0.273. The Labute approximate surface area is 159 Å². The highest BCUT2D eigenvalue weighted by Gasteiger charge is 2.13. The molecule has 140 valence electrons. The Hall–Kier alpha value is -3.08. The van der Waals surface area contributed by atoms with Crippen molar-refractivity contribution in [3.8, 4) is 17.2 Å². The maximum Gasteiger partial charge on any atom is 0.309 e. The fourth-order valence-electron chi connectivity index (χ4n) is 2.84. The van der Waals surface area contributed by atoms with E-state index < -0.39 is 0 Å². The van der Waals surface area contributed by atoms with Crippen LogP contribution in [0.3, 0.4) is 0 Å². The van der Waals surface area contributed by atoms with Crippen molar-refractivity contribution in [2.75, 3.05) is 13.7 Å². The highest BCUT2D eigenvalue weighted by molar-refractivity contribution is 5.72. The number of aryl methyl sites for hydroxylation is 2. The molecule has 0 aliphatic rings. The number of carbonyl (C=O) groups excluding carboxylic acids is 1. The Morgan fingerprint density at radius 1 is 1.11 bits per heavy atom. The van der Waals surface area contributed by atoms with E-state index in [2.05, 4.69) is 4.98 Å². The van der Waals surface area contributed by atoms with Crippen LogP contribution in [0.1, 0.15) is 22.6 Å². The quantitative estimate of drug-likeness (QED) is 0.584. The minimum Gasteiger partial charge on any atom is -0.493 e. The van der Waals surface area contributed by atoms with Gasteiger partial charge in [0.25, 0.3) is 0 Å². The maximum atomic E-state index is 11.4. The third kappa shape index (κ3) is 4.76. The highest BCUT2D eigenvalue weighted by atomic mass is 16.5. The molecule has 0 saturated carbocycles. The number of ether oxygens (including phenoxy) is 2. The lowest BCUT2D eigenvalue weighted by Gasteiger charge is -2.07. The van der Waals surface area contributed by atoms with Crippen molar-refractivity contribution < 1.29 is 18.7 Å². The number of oxazole rings is 1. The molecule has 0 N–H and O–H groups in total. The molecule has 5 nitrogen and oxygen atoms in total. The molecular formula is C22H23NO4. The number of esters is 1. The predicted molar refractivity (Wildman–Crippen MR) is 103 cm³/mol. The van der Waals surface area contributed by atoms with Crippen LogP contribution in [0.15, 0.2) is 52.9 Å². The van der Waals surface area contributed by atoms with Crippen molar-refractivity contribution in [2.24, 2.45) is 0 Å². The first-order chi connectivity index (χ1) is 13.1. The number of benzene rings is 2. The van der Waals surface area contributed by atoms with Crippen LogP contribution in [0.5, 0.6) is 5.75 Å². The minimum atomic E-state index is -0.269. The lowest BCUT2D eigenvalue weighted by molar-refractivity contribution is -0.139. The second kappa shape index (κ2) is 8.54. The van der Waals surface area contributed by atoms with Gasteiger partial charge in [-0.3, -0.25) is 4.79 Å². The van der Waals surface area contributed by atoms with E-state index in [1.54, 1.807) is 0 Å². The lowest BCUT2D eigenvalue weighted by Crippen LogP contribution is -2.06. The van der Waals surface area contributed by atoms with Crippen LogP contribution in [0, 0.1) is 13.8 Å². The predicted octanol–water partition coefficient (Wildman–Crippen LogP) is 4.30.